The molecule has 0 radical (unpaired) electrons. The first-order valence-corrected chi connectivity index (χ1v) is 7.68. The molecule has 1 N–H and O–H groups in total. The van der Waals surface area contributed by atoms with Crippen LogP contribution in [0.25, 0.3) is 0 Å². The topological polar surface area (TPSA) is 81.9 Å². The minimum atomic E-state index is -0.634. The van der Waals surface area contributed by atoms with E-state index in [1.54, 1.807) is 0 Å². The summed E-state index contributed by atoms with van der Waals surface area (Å²) in [6.07, 6.45) is 3.47. The van der Waals surface area contributed by atoms with Crippen LogP contribution in [-0.2, 0) is 13.0 Å². The molecule has 0 saturated carbocycles. The van der Waals surface area contributed by atoms with E-state index < -0.39 is 11.2 Å². The number of nitriles is 1. The highest BCUT2D eigenvalue weighted by Gasteiger charge is 2.22. The van der Waals surface area contributed by atoms with Crippen LogP contribution in [0.5, 0.6) is 0 Å². The van der Waals surface area contributed by atoms with E-state index >= 15 is 0 Å². The first-order chi connectivity index (χ1) is 11.1. The molecule has 3 rings (SSSR count). The number of H-pyrrole nitrogens is 1. The van der Waals surface area contributed by atoms with E-state index in [0.29, 0.717) is 19.1 Å². The van der Waals surface area contributed by atoms with Gasteiger partial charge in [-0.15, -0.1) is 0 Å². The number of nitrogens with one attached hydrogen (secondary N) is 1. The Morgan fingerprint density at radius 3 is 2.87 bits per heavy atom. The van der Waals surface area contributed by atoms with Crippen molar-refractivity contribution in [2.45, 2.75) is 32.4 Å². The Morgan fingerprint density at radius 2 is 2.09 bits per heavy atom. The second kappa shape index (κ2) is 6.13. The van der Waals surface area contributed by atoms with Crippen molar-refractivity contribution in [1.82, 2.24) is 9.55 Å². The number of para-hydroxylation sites is 1. The molecule has 1 aliphatic heterocycles. The molecule has 1 aliphatic rings. The largest absolute Gasteiger partial charge is 0.367 e. The van der Waals surface area contributed by atoms with Crippen LogP contribution >= 0.6 is 0 Å². The van der Waals surface area contributed by atoms with Crippen molar-refractivity contribution in [3.05, 3.63) is 62.4 Å². The molecule has 0 unspecified atom stereocenters. The Morgan fingerprint density at radius 1 is 1.30 bits per heavy atom. The summed E-state index contributed by atoms with van der Waals surface area (Å²) in [4.78, 5) is 27.8. The normalized spacial score (nSPS) is 16.7. The SMILES string of the molecule is C[C@H]1CCc2ccccc2N1CCn1cc(C#N)c(=O)[nH]c1=O. The number of hydrogen-bond donors (Lipinski definition) is 1. The van der Waals surface area contributed by atoms with Gasteiger partial charge in [0.25, 0.3) is 5.56 Å². The molecule has 6 nitrogen and oxygen atoms in total. The highest BCUT2D eigenvalue weighted by Crippen LogP contribution is 2.30. The lowest BCUT2D eigenvalue weighted by Crippen LogP contribution is -2.41. The van der Waals surface area contributed by atoms with E-state index in [9.17, 15) is 9.59 Å². The summed E-state index contributed by atoms with van der Waals surface area (Å²) in [6, 6.07) is 10.5. The number of aromatic nitrogens is 2. The molecule has 0 aliphatic carbocycles. The summed E-state index contributed by atoms with van der Waals surface area (Å²) in [7, 11) is 0. The predicted octanol–water partition coefficient (Wildman–Crippen LogP) is 1.25. The van der Waals surface area contributed by atoms with Gasteiger partial charge in [-0.2, -0.15) is 5.26 Å². The monoisotopic (exact) mass is 310 g/mol. The Balaban J connectivity index is 1.85. The maximum atomic E-state index is 11.9. The van der Waals surface area contributed by atoms with Crippen LogP contribution in [0.4, 0.5) is 5.69 Å². The minimum Gasteiger partial charge on any atom is -0.367 e. The van der Waals surface area contributed by atoms with Gasteiger partial charge in [0.2, 0.25) is 0 Å². The van der Waals surface area contributed by atoms with Crippen LogP contribution in [0.15, 0.2) is 40.1 Å². The second-order valence-electron chi connectivity index (χ2n) is 5.82. The highest BCUT2D eigenvalue weighted by molar-refractivity contribution is 5.56. The van der Waals surface area contributed by atoms with Crippen molar-refractivity contribution in [1.29, 1.82) is 5.26 Å². The Labute approximate surface area is 133 Å². The number of anilines is 1. The fourth-order valence-corrected chi connectivity index (χ4v) is 3.07. The van der Waals surface area contributed by atoms with Crippen LogP contribution in [0.3, 0.4) is 0 Å². The van der Waals surface area contributed by atoms with Crippen molar-refractivity contribution in [3.63, 3.8) is 0 Å². The van der Waals surface area contributed by atoms with Crippen LogP contribution in [-0.4, -0.2) is 22.1 Å². The Kier molecular flexibility index (Phi) is 4.02. The quantitative estimate of drug-likeness (QED) is 0.925. The third-order valence-corrected chi connectivity index (χ3v) is 4.38. The van der Waals surface area contributed by atoms with Gasteiger partial charge in [-0.25, -0.2) is 4.79 Å². The smallest absolute Gasteiger partial charge is 0.328 e. The summed E-state index contributed by atoms with van der Waals surface area (Å²) < 4.78 is 1.39. The molecular formula is C17H18N4O2. The molecule has 0 bridgehead atoms. The maximum absolute atomic E-state index is 11.9. The number of hydrogen-bond acceptors (Lipinski definition) is 4. The molecule has 2 aromatic rings. The Bertz CT molecular complexity index is 875. The lowest BCUT2D eigenvalue weighted by Gasteiger charge is -2.37. The summed E-state index contributed by atoms with van der Waals surface area (Å²) >= 11 is 0. The molecule has 0 saturated heterocycles. The molecule has 23 heavy (non-hydrogen) atoms. The van der Waals surface area contributed by atoms with E-state index in [-0.39, 0.29) is 5.56 Å². The van der Waals surface area contributed by atoms with E-state index in [2.05, 4.69) is 28.9 Å². The molecule has 0 amide bonds. The Hall–Kier alpha value is -2.81. The van der Waals surface area contributed by atoms with E-state index in [1.807, 2.05) is 18.2 Å². The molecule has 118 valence electrons. The number of benzene rings is 1. The molecule has 0 spiro atoms. The molecular weight excluding hydrogens is 292 g/mol. The zero-order chi connectivity index (χ0) is 16.4. The van der Waals surface area contributed by atoms with E-state index in [1.165, 1.54) is 22.0 Å². The van der Waals surface area contributed by atoms with Gasteiger partial charge in [0.05, 0.1) is 0 Å². The van der Waals surface area contributed by atoms with Crippen molar-refractivity contribution in [3.8, 4) is 6.07 Å². The van der Waals surface area contributed by atoms with Crippen LogP contribution in [0.1, 0.15) is 24.5 Å². The number of aryl methyl sites for hydroxylation is 1. The van der Waals surface area contributed by atoms with Gasteiger partial charge in [0.1, 0.15) is 11.6 Å². The van der Waals surface area contributed by atoms with Crippen LogP contribution < -0.4 is 16.1 Å². The first-order valence-electron chi connectivity index (χ1n) is 7.68. The summed E-state index contributed by atoms with van der Waals surface area (Å²) in [5.74, 6) is 0. The van der Waals surface area contributed by atoms with Crippen LogP contribution in [0, 0.1) is 11.3 Å². The summed E-state index contributed by atoms with van der Waals surface area (Å²) in [5.41, 5.74) is 1.36. The summed E-state index contributed by atoms with van der Waals surface area (Å²) in [5, 5.41) is 8.93. The average Bonchev–Trinajstić information content (AvgIpc) is 2.55. The molecule has 2 heterocycles. The number of fused-ring (bicyclic) bond motifs is 1. The molecule has 6 heteroatoms. The van der Waals surface area contributed by atoms with Gasteiger partial charge in [-0.3, -0.25) is 14.3 Å². The zero-order valence-electron chi connectivity index (χ0n) is 13.0. The van der Waals surface area contributed by atoms with Crippen molar-refractivity contribution >= 4 is 5.69 Å². The minimum absolute atomic E-state index is 0.0447. The molecule has 1 atom stereocenters. The number of rotatable bonds is 3. The number of nitrogens with zero attached hydrogens (tertiary/aromatic N) is 3. The standard InChI is InChI=1S/C17H18N4O2/c1-12-6-7-13-4-2-3-5-15(13)21(12)9-8-20-11-14(10-18)16(22)19-17(20)23/h2-5,11-12H,6-9H2,1H3,(H,19,22,23)/t12-/m0/s1. The molecule has 1 aromatic carbocycles. The van der Waals surface area contributed by atoms with E-state index in [4.69, 9.17) is 5.26 Å². The van der Waals surface area contributed by atoms with Gasteiger partial charge in [0.15, 0.2) is 0 Å². The van der Waals surface area contributed by atoms with Gasteiger partial charge < -0.3 is 4.90 Å². The van der Waals surface area contributed by atoms with Crippen molar-refractivity contribution in [2.24, 2.45) is 0 Å². The summed E-state index contributed by atoms with van der Waals surface area (Å²) in [6.45, 7) is 3.24. The van der Waals surface area contributed by atoms with Crippen molar-refractivity contribution in [2.75, 3.05) is 11.4 Å². The maximum Gasteiger partial charge on any atom is 0.328 e. The lowest BCUT2D eigenvalue weighted by atomic mass is 9.97. The zero-order valence-corrected chi connectivity index (χ0v) is 13.0. The van der Waals surface area contributed by atoms with Gasteiger partial charge in [-0.05, 0) is 31.4 Å². The fraction of sp³-hybridized carbons (Fsp3) is 0.353. The molecule has 1 aromatic heterocycles. The number of aromatic amines is 1. The lowest BCUT2D eigenvalue weighted by molar-refractivity contribution is 0.526. The molecule has 0 fully saturated rings. The van der Waals surface area contributed by atoms with E-state index in [0.717, 1.165) is 12.8 Å². The van der Waals surface area contributed by atoms with Crippen molar-refractivity contribution < 1.29 is 0 Å². The average molecular weight is 310 g/mol. The van der Waals surface area contributed by atoms with Crippen LogP contribution in [0.2, 0.25) is 0 Å². The predicted molar refractivity (Wildman–Crippen MR) is 87.6 cm³/mol. The second-order valence-corrected chi connectivity index (χ2v) is 5.82. The first kappa shape index (κ1) is 15.1. The fourth-order valence-electron chi connectivity index (χ4n) is 3.07. The highest BCUT2D eigenvalue weighted by atomic mass is 16.2. The van der Waals surface area contributed by atoms with Gasteiger partial charge >= 0.3 is 5.69 Å². The van der Waals surface area contributed by atoms with Gasteiger partial charge in [-0.1, -0.05) is 18.2 Å². The third-order valence-electron chi connectivity index (χ3n) is 4.38. The third kappa shape index (κ3) is 2.90. The van der Waals surface area contributed by atoms with Gasteiger partial charge in [0, 0.05) is 31.0 Å².